The minimum atomic E-state index is -1.04. The van der Waals surface area contributed by atoms with Crippen molar-refractivity contribution in [3.05, 3.63) is 39.6 Å². The molecule has 0 aliphatic carbocycles. The van der Waals surface area contributed by atoms with E-state index in [-0.39, 0.29) is 5.69 Å². The Kier molecular flexibility index (Phi) is 2.98. The van der Waals surface area contributed by atoms with Crippen LogP contribution in [-0.4, -0.2) is 21.0 Å². The quantitative estimate of drug-likeness (QED) is 0.895. The van der Waals surface area contributed by atoms with Gasteiger partial charge >= 0.3 is 5.97 Å². The number of imidazole rings is 1. The summed E-state index contributed by atoms with van der Waals surface area (Å²) in [6.45, 7) is 0. The average Bonchev–Trinajstić information content (AvgIpc) is 2.66. The lowest BCUT2D eigenvalue weighted by molar-refractivity contribution is 0.0691. The molecule has 6 heteroatoms. The zero-order chi connectivity index (χ0) is 11.7. The molecule has 0 fully saturated rings. The van der Waals surface area contributed by atoms with E-state index < -0.39 is 5.97 Å². The second-order valence-corrected chi connectivity index (χ2v) is 4.37. The van der Waals surface area contributed by atoms with Gasteiger partial charge in [-0.2, -0.15) is 0 Å². The van der Waals surface area contributed by atoms with Crippen LogP contribution in [0.4, 0.5) is 0 Å². The summed E-state index contributed by atoms with van der Waals surface area (Å²) in [6, 6.07) is 5.20. The van der Waals surface area contributed by atoms with E-state index in [1.54, 1.807) is 18.2 Å². The molecule has 2 rings (SSSR count). The second-order valence-electron chi connectivity index (χ2n) is 3.07. The fraction of sp³-hybridized carbons (Fsp3) is 0. The predicted molar refractivity (Wildman–Crippen MR) is 63.7 cm³/mol. The van der Waals surface area contributed by atoms with Crippen LogP contribution >= 0.6 is 27.5 Å². The molecule has 2 N–H and O–H groups in total. The zero-order valence-corrected chi connectivity index (χ0v) is 10.2. The number of H-pyrrole nitrogens is 1. The van der Waals surface area contributed by atoms with Crippen molar-refractivity contribution in [3.8, 4) is 11.4 Å². The molecule has 0 aliphatic heterocycles. The maximum absolute atomic E-state index is 10.7. The largest absolute Gasteiger partial charge is 0.477 e. The van der Waals surface area contributed by atoms with Gasteiger partial charge in [0.2, 0.25) is 0 Å². The van der Waals surface area contributed by atoms with Crippen molar-refractivity contribution in [2.75, 3.05) is 0 Å². The van der Waals surface area contributed by atoms with Crippen LogP contribution in [-0.2, 0) is 0 Å². The van der Waals surface area contributed by atoms with Crippen molar-refractivity contribution < 1.29 is 9.90 Å². The molecule has 82 valence electrons. The topological polar surface area (TPSA) is 66.0 Å². The van der Waals surface area contributed by atoms with Gasteiger partial charge in [-0.25, -0.2) is 9.78 Å². The van der Waals surface area contributed by atoms with Gasteiger partial charge in [0.25, 0.3) is 0 Å². The molecule has 1 heterocycles. The molecule has 0 radical (unpaired) electrons. The van der Waals surface area contributed by atoms with Gasteiger partial charge in [0.05, 0.1) is 6.20 Å². The van der Waals surface area contributed by atoms with Crippen LogP contribution in [0.15, 0.2) is 28.9 Å². The fourth-order valence-electron chi connectivity index (χ4n) is 1.25. The summed E-state index contributed by atoms with van der Waals surface area (Å²) < 4.78 is 0.756. The van der Waals surface area contributed by atoms with Gasteiger partial charge in [-0.05, 0) is 34.1 Å². The smallest absolute Gasteiger partial charge is 0.353 e. The van der Waals surface area contributed by atoms with Crippen LogP contribution in [0.3, 0.4) is 0 Å². The highest BCUT2D eigenvalue weighted by molar-refractivity contribution is 9.10. The molecule has 0 amide bonds. The molecule has 0 saturated carbocycles. The maximum atomic E-state index is 10.7. The van der Waals surface area contributed by atoms with Crippen molar-refractivity contribution in [2.45, 2.75) is 0 Å². The molecule has 4 nitrogen and oxygen atoms in total. The Hall–Kier alpha value is -1.33. The Bertz CT molecular complexity index is 554. The van der Waals surface area contributed by atoms with Gasteiger partial charge in [0, 0.05) is 15.1 Å². The number of carboxylic acids is 1. The molecule has 0 atom stereocenters. The Balaban J connectivity index is 2.46. The van der Waals surface area contributed by atoms with Gasteiger partial charge in [0.1, 0.15) is 11.5 Å². The summed E-state index contributed by atoms with van der Waals surface area (Å²) in [5.74, 6) is -0.551. The van der Waals surface area contributed by atoms with Crippen LogP contribution in [0.25, 0.3) is 11.4 Å². The first-order valence-electron chi connectivity index (χ1n) is 4.31. The molecule has 2 aromatic rings. The summed E-state index contributed by atoms with van der Waals surface area (Å²) >= 11 is 9.14. The standard InChI is InChI=1S/C10H6BrClN2O2/c11-7-3-5(12)1-2-6(7)9-13-4-8(14-9)10(15)16/h1-4H,(H,13,14)(H,15,16). The minimum Gasteiger partial charge on any atom is -0.477 e. The van der Waals surface area contributed by atoms with Crippen molar-refractivity contribution >= 4 is 33.5 Å². The van der Waals surface area contributed by atoms with E-state index in [1.807, 2.05) is 0 Å². The van der Waals surface area contributed by atoms with Crippen LogP contribution in [0.2, 0.25) is 5.02 Å². The van der Waals surface area contributed by atoms with E-state index in [2.05, 4.69) is 25.9 Å². The van der Waals surface area contributed by atoms with Crippen molar-refractivity contribution in [1.82, 2.24) is 9.97 Å². The maximum Gasteiger partial charge on any atom is 0.353 e. The Labute approximate surface area is 104 Å². The fourth-order valence-corrected chi connectivity index (χ4v) is 2.12. The highest BCUT2D eigenvalue weighted by atomic mass is 79.9. The first-order chi connectivity index (χ1) is 7.58. The number of rotatable bonds is 2. The summed E-state index contributed by atoms with van der Waals surface area (Å²) in [6.07, 6.45) is 1.28. The number of carbonyl (C=O) groups is 1. The van der Waals surface area contributed by atoms with Gasteiger partial charge in [-0.3, -0.25) is 0 Å². The SMILES string of the molecule is O=C(O)c1cnc(-c2ccc(Cl)cc2Br)[nH]1. The number of aromatic carboxylic acids is 1. The molecular formula is C10H6BrClN2O2. The van der Waals surface area contributed by atoms with Crippen LogP contribution in [0, 0.1) is 0 Å². The monoisotopic (exact) mass is 300 g/mol. The first kappa shape index (κ1) is 11.2. The van der Waals surface area contributed by atoms with E-state index in [9.17, 15) is 4.79 Å². The number of halogens is 2. The number of carboxylic acid groups (broad SMARTS) is 1. The molecule has 16 heavy (non-hydrogen) atoms. The van der Waals surface area contributed by atoms with E-state index in [0.29, 0.717) is 10.8 Å². The van der Waals surface area contributed by atoms with Crippen LogP contribution < -0.4 is 0 Å². The molecule has 0 bridgehead atoms. The van der Waals surface area contributed by atoms with E-state index >= 15 is 0 Å². The molecule has 0 aliphatic rings. The Morgan fingerprint density at radius 3 is 2.81 bits per heavy atom. The van der Waals surface area contributed by atoms with E-state index in [1.165, 1.54) is 6.20 Å². The number of hydrogen-bond donors (Lipinski definition) is 2. The van der Waals surface area contributed by atoms with Gasteiger partial charge in [-0.1, -0.05) is 11.6 Å². The van der Waals surface area contributed by atoms with Crippen LogP contribution in [0.1, 0.15) is 10.5 Å². The number of nitrogens with one attached hydrogen (secondary N) is 1. The summed E-state index contributed by atoms with van der Waals surface area (Å²) in [4.78, 5) is 17.4. The van der Waals surface area contributed by atoms with Gasteiger partial charge < -0.3 is 10.1 Å². The second kappa shape index (κ2) is 4.27. The minimum absolute atomic E-state index is 0.0526. The third-order valence-corrected chi connectivity index (χ3v) is 2.88. The van der Waals surface area contributed by atoms with Crippen molar-refractivity contribution in [3.63, 3.8) is 0 Å². The number of hydrogen-bond acceptors (Lipinski definition) is 2. The number of nitrogens with zero attached hydrogens (tertiary/aromatic N) is 1. The predicted octanol–water partition coefficient (Wildman–Crippen LogP) is 3.19. The van der Waals surface area contributed by atoms with Crippen molar-refractivity contribution in [2.24, 2.45) is 0 Å². The molecular weight excluding hydrogens is 295 g/mol. The lowest BCUT2D eigenvalue weighted by Crippen LogP contribution is -1.95. The third-order valence-electron chi connectivity index (χ3n) is 1.99. The summed E-state index contributed by atoms with van der Waals surface area (Å²) in [5, 5.41) is 9.35. The number of aromatic amines is 1. The molecule has 1 aromatic heterocycles. The van der Waals surface area contributed by atoms with Gasteiger partial charge in [0.15, 0.2) is 0 Å². The lowest BCUT2D eigenvalue weighted by Gasteiger charge is -2.00. The summed E-state index contributed by atoms with van der Waals surface area (Å²) in [7, 11) is 0. The van der Waals surface area contributed by atoms with Gasteiger partial charge in [-0.15, -0.1) is 0 Å². The summed E-state index contributed by atoms with van der Waals surface area (Å²) in [5.41, 5.74) is 0.814. The van der Waals surface area contributed by atoms with E-state index in [0.717, 1.165) is 10.0 Å². The third kappa shape index (κ3) is 2.10. The number of benzene rings is 1. The first-order valence-corrected chi connectivity index (χ1v) is 5.49. The molecule has 1 aromatic carbocycles. The Morgan fingerprint density at radius 2 is 2.25 bits per heavy atom. The lowest BCUT2D eigenvalue weighted by atomic mass is 10.2. The average molecular weight is 302 g/mol. The highest BCUT2D eigenvalue weighted by Gasteiger charge is 2.11. The Morgan fingerprint density at radius 1 is 1.50 bits per heavy atom. The molecule has 0 saturated heterocycles. The molecule has 0 spiro atoms. The molecule has 0 unspecified atom stereocenters. The van der Waals surface area contributed by atoms with Crippen molar-refractivity contribution in [1.29, 1.82) is 0 Å². The van der Waals surface area contributed by atoms with Crippen LogP contribution in [0.5, 0.6) is 0 Å². The highest BCUT2D eigenvalue weighted by Crippen LogP contribution is 2.28. The number of aromatic nitrogens is 2. The van der Waals surface area contributed by atoms with E-state index in [4.69, 9.17) is 16.7 Å². The normalized spacial score (nSPS) is 10.4. The zero-order valence-electron chi connectivity index (χ0n) is 7.87.